The molecule has 0 aliphatic heterocycles. The molecule has 0 fully saturated rings. The molecule has 0 saturated heterocycles. The van der Waals surface area contributed by atoms with Crippen LogP contribution in [0.25, 0.3) is 0 Å². The maximum Gasteiger partial charge on any atom is 0.191 e. The molecule has 124 valence electrons. The number of benzene rings is 1. The molecule has 0 spiro atoms. The molecular weight excluding hydrogens is 282 g/mol. The molecule has 0 saturated carbocycles. The van der Waals surface area contributed by atoms with Crippen LogP contribution in [0.2, 0.25) is 0 Å². The molecule has 1 aromatic rings. The lowest BCUT2D eigenvalue weighted by Crippen LogP contribution is -2.38. The highest BCUT2D eigenvalue weighted by Gasteiger charge is 2.07. The summed E-state index contributed by atoms with van der Waals surface area (Å²) in [7, 11) is 1.55. The van der Waals surface area contributed by atoms with E-state index in [9.17, 15) is 5.11 Å². The van der Waals surface area contributed by atoms with Crippen LogP contribution in [0.3, 0.4) is 0 Å². The number of hydrogen-bond donors (Lipinski definition) is 3. The number of phenols is 1. The Hall–Kier alpha value is -1.95. The molecule has 0 amide bonds. The maximum absolute atomic E-state index is 10.0. The zero-order valence-electron chi connectivity index (χ0n) is 13.7. The number of aliphatic imine (C=N–C) groups is 1. The third-order valence-electron chi connectivity index (χ3n) is 3.04. The fourth-order valence-electron chi connectivity index (χ4n) is 1.96. The number of para-hydroxylation sites is 1. The van der Waals surface area contributed by atoms with E-state index in [2.05, 4.69) is 15.6 Å². The minimum Gasteiger partial charge on any atom is -0.504 e. The molecule has 0 aliphatic carbocycles. The molecule has 6 heteroatoms. The topological polar surface area (TPSA) is 75.1 Å². The lowest BCUT2D eigenvalue weighted by molar-refractivity contribution is 0.155. The zero-order valence-corrected chi connectivity index (χ0v) is 13.7. The minimum atomic E-state index is 0.199. The smallest absolute Gasteiger partial charge is 0.191 e. The highest BCUT2D eigenvalue weighted by molar-refractivity contribution is 5.79. The highest BCUT2D eigenvalue weighted by Crippen LogP contribution is 2.29. The molecule has 0 aliphatic rings. The van der Waals surface area contributed by atoms with Crippen molar-refractivity contribution < 1.29 is 14.6 Å². The highest BCUT2D eigenvalue weighted by atomic mass is 16.5. The maximum atomic E-state index is 10.0. The summed E-state index contributed by atoms with van der Waals surface area (Å²) < 4.78 is 10.4. The Kier molecular flexibility index (Phi) is 8.83. The first-order valence-corrected chi connectivity index (χ1v) is 7.67. The number of methoxy groups -OCH3 is 1. The van der Waals surface area contributed by atoms with Gasteiger partial charge in [0.15, 0.2) is 17.5 Å². The van der Waals surface area contributed by atoms with E-state index in [1.807, 2.05) is 26.0 Å². The molecule has 0 aromatic heterocycles. The summed E-state index contributed by atoms with van der Waals surface area (Å²) >= 11 is 0. The largest absolute Gasteiger partial charge is 0.504 e. The molecule has 22 heavy (non-hydrogen) atoms. The predicted molar refractivity (Wildman–Crippen MR) is 88.8 cm³/mol. The number of nitrogens with zero attached hydrogens (tertiary/aromatic N) is 1. The van der Waals surface area contributed by atoms with Crippen LogP contribution in [0.5, 0.6) is 11.5 Å². The number of ether oxygens (including phenoxy) is 2. The van der Waals surface area contributed by atoms with Crippen molar-refractivity contribution in [1.82, 2.24) is 10.6 Å². The Labute approximate surface area is 132 Å². The molecule has 1 aromatic carbocycles. The first-order valence-electron chi connectivity index (χ1n) is 7.67. The van der Waals surface area contributed by atoms with E-state index in [0.717, 1.165) is 18.1 Å². The lowest BCUT2D eigenvalue weighted by Gasteiger charge is -2.12. The van der Waals surface area contributed by atoms with Crippen molar-refractivity contribution in [1.29, 1.82) is 0 Å². The van der Waals surface area contributed by atoms with Gasteiger partial charge in [0.1, 0.15) is 0 Å². The van der Waals surface area contributed by atoms with Gasteiger partial charge in [-0.1, -0.05) is 12.1 Å². The van der Waals surface area contributed by atoms with Gasteiger partial charge in [0.05, 0.1) is 20.3 Å². The molecule has 0 unspecified atom stereocenters. The van der Waals surface area contributed by atoms with Gasteiger partial charge in [-0.2, -0.15) is 0 Å². The van der Waals surface area contributed by atoms with Crippen molar-refractivity contribution in [3.05, 3.63) is 23.8 Å². The van der Waals surface area contributed by atoms with Gasteiger partial charge in [0, 0.05) is 19.7 Å². The molecule has 3 N–H and O–H groups in total. The van der Waals surface area contributed by atoms with Gasteiger partial charge in [-0.3, -0.25) is 4.99 Å². The van der Waals surface area contributed by atoms with E-state index in [4.69, 9.17) is 9.47 Å². The van der Waals surface area contributed by atoms with Gasteiger partial charge < -0.3 is 25.2 Å². The lowest BCUT2D eigenvalue weighted by atomic mass is 10.1. The van der Waals surface area contributed by atoms with Crippen LogP contribution in [0, 0.1) is 0 Å². The van der Waals surface area contributed by atoms with Crippen molar-refractivity contribution in [3.63, 3.8) is 0 Å². The SMILES string of the molecule is CCNC(=NCCOCC)NCCc1cccc(OC)c1O. The number of rotatable bonds is 9. The summed E-state index contributed by atoms with van der Waals surface area (Å²) in [5.74, 6) is 1.45. The van der Waals surface area contributed by atoms with Gasteiger partial charge in [0.2, 0.25) is 0 Å². The zero-order chi connectivity index (χ0) is 16.2. The fourth-order valence-corrected chi connectivity index (χ4v) is 1.96. The van der Waals surface area contributed by atoms with Crippen LogP contribution in [-0.4, -0.2) is 51.0 Å². The Balaban J connectivity index is 2.48. The van der Waals surface area contributed by atoms with Gasteiger partial charge in [-0.15, -0.1) is 0 Å². The molecule has 0 atom stereocenters. The minimum absolute atomic E-state index is 0.199. The van der Waals surface area contributed by atoms with E-state index >= 15 is 0 Å². The van der Waals surface area contributed by atoms with Crippen molar-refractivity contribution in [2.24, 2.45) is 4.99 Å². The number of aromatic hydroxyl groups is 1. The molecule has 0 heterocycles. The van der Waals surface area contributed by atoms with Gasteiger partial charge in [-0.25, -0.2) is 0 Å². The first-order chi connectivity index (χ1) is 10.7. The second-order valence-electron chi connectivity index (χ2n) is 4.60. The summed E-state index contributed by atoms with van der Waals surface area (Å²) in [6.07, 6.45) is 0.679. The van der Waals surface area contributed by atoms with Crippen molar-refractivity contribution in [3.8, 4) is 11.5 Å². The van der Waals surface area contributed by atoms with Crippen LogP contribution in [-0.2, 0) is 11.2 Å². The third-order valence-corrected chi connectivity index (χ3v) is 3.04. The number of phenolic OH excluding ortho intramolecular Hbond substituents is 1. The van der Waals surface area contributed by atoms with E-state index in [0.29, 0.717) is 38.5 Å². The summed E-state index contributed by atoms with van der Waals surface area (Å²) in [6, 6.07) is 5.50. The number of hydrogen-bond acceptors (Lipinski definition) is 4. The molecule has 6 nitrogen and oxygen atoms in total. The van der Waals surface area contributed by atoms with Crippen molar-refractivity contribution in [2.45, 2.75) is 20.3 Å². The molecule has 0 radical (unpaired) electrons. The Morgan fingerprint density at radius 2 is 2.09 bits per heavy atom. The second-order valence-corrected chi connectivity index (χ2v) is 4.60. The van der Waals surface area contributed by atoms with Gasteiger partial charge >= 0.3 is 0 Å². The van der Waals surface area contributed by atoms with Gasteiger partial charge in [0.25, 0.3) is 0 Å². The van der Waals surface area contributed by atoms with Crippen LogP contribution in [0.1, 0.15) is 19.4 Å². The Morgan fingerprint density at radius 3 is 2.77 bits per heavy atom. The average molecular weight is 309 g/mol. The van der Waals surface area contributed by atoms with E-state index in [-0.39, 0.29) is 5.75 Å². The Morgan fingerprint density at radius 1 is 1.27 bits per heavy atom. The summed E-state index contributed by atoms with van der Waals surface area (Å²) in [5, 5.41) is 16.5. The standard InChI is InChI=1S/C16H27N3O3/c1-4-17-16(19-11-12-22-5-2)18-10-9-13-7-6-8-14(21-3)15(13)20/h6-8,20H,4-5,9-12H2,1-3H3,(H2,17,18,19). The summed E-state index contributed by atoms with van der Waals surface area (Å²) in [5.41, 5.74) is 0.844. The predicted octanol–water partition coefficient (Wildman–Crippen LogP) is 1.53. The molecule has 0 bridgehead atoms. The molecule has 1 rings (SSSR count). The monoisotopic (exact) mass is 309 g/mol. The summed E-state index contributed by atoms with van der Waals surface area (Å²) in [4.78, 5) is 4.42. The normalized spacial score (nSPS) is 11.3. The number of nitrogens with one attached hydrogen (secondary N) is 2. The van der Waals surface area contributed by atoms with Crippen LogP contribution < -0.4 is 15.4 Å². The second kappa shape index (κ2) is 10.7. The summed E-state index contributed by atoms with van der Waals surface area (Å²) in [6.45, 7) is 7.39. The quantitative estimate of drug-likeness (QED) is 0.366. The van der Waals surface area contributed by atoms with E-state index in [1.165, 1.54) is 0 Å². The van der Waals surface area contributed by atoms with Crippen molar-refractivity contribution >= 4 is 5.96 Å². The van der Waals surface area contributed by atoms with Crippen LogP contribution in [0.4, 0.5) is 0 Å². The Bertz CT molecular complexity index is 464. The average Bonchev–Trinajstić information content (AvgIpc) is 2.53. The van der Waals surface area contributed by atoms with E-state index < -0.39 is 0 Å². The fraction of sp³-hybridized carbons (Fsp3) is 0.562. The van der Waals surface area contributed by atoms with E-state index in [1.54, 1.807) is 13.2 Å². The number of guanidine groups is 1. The van der Waals surface area contributed by atoms with Crippen LogP contribution in [0.15, 0.2) is 23.2 Å². The first kappa shape index (κ1) is 18.1. The van der Waals surface area contributed by atoms with Crippen molar-refractivity contribution in [2.75, 3.05) is 40.0 Å². The van der Waals surface area contributed by atoms with Crippen LogP contribution >= 0.6 is 0 Å². The third kappa shape index (κ3) is 6.22. The molecular formula is C16H27N3O3. The van der Waals surface area contributed by atoms with Gasteiger partial charge in [-0.05, 0) is 31.9 Å².